The largest absolute Gasteiger partial charge is 0.417 e. The second-order valence-electron chi connectivity index (χ2n) is 5.52. The first-order valence-corrected chi connectivity index (χ1v) is 8.82. The van der Waals surface area contributed by atoms with Crippen LogP contribution in [0.5, 0.6) is 0 Å². The molecule has 0 bridgehead atoms. The standard InChI is InChI=1S/C19H19F3OS/c20-19(21,22)17-13-16(14-23)10-11-18(17)24-12-6-2-5-9-15-7-3-1-4-8-15/h1,3-4,7-8,10-11,13-14H,2,5-6,9,12H2. The Kier molecular flexibility index (Phi) is 6.91. The summed E-state index contributed by atoms with van der Waals surface area (Å²) in [5.41, 5.74) is 0.616. The van der Waals surface area contributed by atoms with E-state index in [2.05, 4.69) is 12.1 Å². The zero-order valence-electron chi connectivity index (χ0n) is 13.2. The van der Waals surface area contributed by atoms with E-state index in [4.69, 9.17) is 0 Å². The lowest BCUT2D eigenvalue weighted by Crippen LogP contribution is -2.07. The van der Waals surface area contributed by atoms with Gasteiger partial charge in [-0.1, -0.05) is 42.8 Å². The fraction of sp³-hybridized carbons (Fsp3) is 0.316. The predicted octanol–water partition coefficient (Wildman–Crippen LogP) is 6.02. The molecule has 2 aromatic carbocycles. The van der Waals surface area contributed by atoms with E-state index in [1.807, 2.05) is 18.2 Å². The third-order valence-corrected chi connectivity index (χ3v) is 4.82. The lowest BCUT2D eigenvalue weighted by molar-refractivity contribution is -0.139. The number of carbonyl (C=O) groups excluding carboxylic acids is 1. The Morgan fingerprint density at radius 3 is 2.38 bits per heavy atom. The molecule has 1 nitrogen and oxygen atoms in total. The second kappa shape index (κ2) is 8.92. The van der Waals surface area contributed by atoms with Crippen molar-refractivity contribution in [2.45, 2.75) is 36.8 Å². The van der Waals surface area contributed by atoms with Gasteiger partial charge in [0.15, 0.2) is 0 Å². The maximum Gasteiger partial charge on any atom is 0.417 e. The Morgan fingerprint density at radius 2 is 1.71 bits per heavy atom. The summed E-state index contributed by atoms with van der Waals surface area (Å²) in [6, 6.07) is 13.9. The van der Waals surface area contributed by atoms with Gasteiger partial charge in [0, 0.05) is 10.5 Å². The molecule has 0 saturated heterocycles. The number of unbranched alkanes of at least 4 members (excludes halogenated alkanes) is 2. The number of hydrogen-bond donors (Lipinski definition) is 0. The number of rotatable bonds is 8. The minimum atomic E-state index is -4.44. The first-order chi connectivity index (χ1) is 11.5. The van der Waals surface area contributed by atoms with Crippen molar-refractivity contribution in [2.75, 3.05) is 5.75 Å². The van der Waals surface area contributed by atoms with Crippen LogP contribution in [0.25, 0.3) is 0 Å². The monoisotopic (exact) mass is 352 g/mol. The van der Waals surface area contributed by atoms with Crippen LogP contribution in [0.1, 0.15) is 40.7 Å². The van der Waals surface area contributed by atoms with E-state index < -0.39 is 11.7 Å². The summed E-state index contributed by atoms with van der Waals surface area (Å²) < 4.78 is 39.2. The maximum absolute atomic E-state index is 13.1. The van der Waals surface area contributed by atoms with E-state index in [9.17, 15) is 18.0 Å². The average Bonchev–Trinajstić information content (AvgIpc) is 2.58. The van der Waals surface area contributed by atoms with Crippen LogP contribution in [0.3, 0.4) is 0 Å². The van der Waals surface area contributed by atoms with Crippen LogP contribution in [-0.4, -0.2) is 12.0 Å². The SMILES string of the molecule is O=Cc1ccc(SCCCCCc2ccccc2)c(C(F)(F)F)c1. The van der Waals surface area contributed by atoms with Crippen LogP contribution in [-0.2, 0) is 12.6 Å². The Hall–Kier alpha value is -1.75. The second-order valence-corrected chi connectivity index (χ2v) is 6.65. The molecule has 0 aliphatic rings. The summed E-state index contributed by atoms with van der Waals surface area (Å²) in [6.07, 6.45) is -0.129. The maximum atomic E-state index is 13.1. The van der Waals surface area contributed by atoms with E-state index in [-0.39, 0.29) is 10.5 Å². The van der Waals surface area contributed by atoms with Gasteiger partial charge in [-0.3, -0.25) is 4.79 Å². The average molecular weight is 352 g/mol. The Labute approximate surface area is 144 Å². The molecule has 0 aromatic heterocycles. The van der Waals surface area contributed by atoms with Crippen molar-refractivity contribution in [3.63, 3.8) is 0 Å². The highest BCUT2D eigenvalue weighted by Gasteiger charge is 2.33. The molecular weight excluding hydrogens is 333 g/mol. The van der Waals surface area contributed by atoms with Crippen LogP contribution in [0.15, 0.2) is 53.4 Å². The van der Waals surface area contributed by atoms with Crippen LogP contribution in [0.4, 0.5) is 13.2 Å². The molecule has 0 spiro atoms. The number of benzene rings is 2. The van der Waals surface area contributed by atoms with Crippen molar-refractivity contribution in [1.29, 1.82) is 0 Å². The Bertz CT molecular complexity index is 653. The third kappa shape index (κ3) is 5.71. The summed E-state index contributed by atoms with van der Waals surface area (Å²) in [7, 11) is 0. The van der Waals surface area contributed by atoms with Gasteiger partial charge >= 0.3 is 6.18 Å². The van der Waals surface area contributed by atoms with Gasteiger partial charge in [0.2, 0.25) is 0 Å². The number of hydrogen-bond acceptors (Lipinski definition) is 2. The normalized spacial score (nSPS) is 11.5. The molecule has 5 heteroatoms. The summed E-state index contributed by atoms with van der Waals surface area (Å²) >= 11 is 1.20. The van der Waals surface area contributed by atoms with Gasteiger partial charge in [-0.25, -0.2) is 0 Å². The molecule has 0 atom stereocenters. The molecule has 0 heterocycles. The summed E-state index contributed by atoms with van der Waals surface area (Å²) in [5, 5.41) is 0. The van der Waals surface area contributed by atoms with Gasteiger partial charge in [0.05, 0.1) is 5.56 Å². The fourth-order valence-corrected chi connectivity index (χ4v) is 3.47. The molecule has 128 valence electrons. The zero-order valence-corrected chi connectivity index (χ0v) is 14.0. The van der Waals surface area contributed by atoms with Crippen LogP contribution in [0.2, 0.25) is 0 Å². The molecule has 0 unspecified atom stereocenters. The number of alkyl halides is 3. The lowest BCUT2D eigenvalue weighted by atomic mass is 10.1. The topological polar surface area (TPSA) is 17.1 Å². The highest BCUT2D eigenvalue weighted by atomic mass is 32.2. The van der Waals surface area contributed by atoms with Crippen molar-refractivity contribution >= 4 is 18.0 Å². The van der Waals surface area contributed by atoms with Gasteiger partial charge in [-0.05, 0) is 42.7 Å². The fourth-order valence-electron chi connectivity index (χ4n) is 2.40. The van der Waals surface area contributed by atoms with E-state index in [0.717, 1.165) is 31.7 Å². The highest BCUT2D eigenvalue weighted by molar-refractivity contribution is 7.99. The van der Waals surface area contributed by atoms with Crippen LogP contribution < -0.4 is 0 Å². The number of aldehydes is 1. The minimum absolute atomic E-state index is 0.0505. The van der Waals surface area contributed by atoms with Gasteiger partial charge in [-0.2, -0.15) is 13.2 Å². The molecule has 0 N–H and O–H groups in total. The van der Waals surface area contributed by atoms with Crippen LogP contribution >= 0.6 is 11.8 Å². The van der Waals surface area contributed by atoms with E-state index in [0.29, 0.717) is 12.0 Å². The molecule has 0 saturated carbocycles. The first-order valence-electron chi connectivity index (χ1n) is 7.84. The zero-order chi connectivity index (χ0) is 17.4. The van der Waals surface area contributed by atoms with Gasteiger partial charge in [-0.15, -0.1) is 11.8 Å². The van der Waals surface area contributed by atoms with Crippen molar-refractivity contribution in [3.05, 3.63) is 65.2 Å². The van der Waals surface area contributed by atoms with Crippen molar-refractivity contribution in [3.8, 4) is 0 Å². The highest BCUT2D eigenvalue weighted by Crippen LogP contribution is 2.37. The quantitative estimate of drug-likeness (QED) is 0.328. The van der Waals surface area contributed by atoms with Crippen molar-refractivity contribution in [2.24, 2.45) is 0 Å². The molecular formula is C19H19F3OS. The van der Waals surface area contributed by atoms with Gasteiger partial charge in [0.25, 0.3) is 0 Å². The molecule has 0 radical (unpaired) electrons. The number of halogens is 3. The third-order valence-electron chi connectivity index (χ3n) is 3.66. The lowest BCUT2D eigenvalue weighted by Gasteiger charge is -2.13. The van der Waals surface area contributed by atoms with Crippen LogP contribution in [0, 0.1) is 0 Å². The van der Waals surface area contributed by atoms with Gasteiger partial charge < -0.3 is 0 Å². The number of carbonyl (C=O) groups is 1. The molecule has 0 aliphatic heterocycles. The molecule has 0 fully saturated rings. The van der Waals surface area contributed by atoms with Crippen molar-refractivity contribution in [1.82, 2.24) is 0 Å². The van der Waals surface area contributed by atoms with Gasteiger partial charge in [0.1, 0.15) is 6.29 Å². The Balaban J connectivity index is 1.80. The van der Waals surface area contributed by atoms with E-state index >= 15 is 0 Å². The summed E-state index contributed by atoms with van der Waals surface area (Å²) in [5.74, 6) is 0.637. The smallest absolute Gasteiger partial charge is 0.298 e. The molecule has 2 rings (SSSR count). The first kappa shape index (κ1) is 18.6. The number of thioether (sulfide) groups is 1. The minimum Gasteiger partial charge on any atom is -0.298 e. The summed E-state index contributed by atoms with van der Waals surface area (Å²) in [4.78, 5) is 10.9. The number of aryl methyl sites for hydroxylation is 1. The molecule has 2 aromatic rings. The van der Waals surface area contributed by atoms with E-state index in [1.54, 1.807) is 0 Å². The molecule has 0 aliphatic carbocycles. The Morgan fingerprint density at radius 1 is 0.958 bits per heavy atom. The summed E-state index contributed by atoms with van der Waals surface area (Å²) in [6.45, 7) is 0. The predicted molar refractivity (Wildman–Crippen MR) is 91.6 cm³/mol. The van der Waals surface area contributed by atoms with Crippen molar-refractivity contribution < 1.29 is 18.0 Å². The molecule has 0 amide bonds. The molecule has 24 heavy (non-hydrogen) atoms. The van der Waals surface area contributed by atoms with E-state index in [1.165, 1.54) is 29.5 Å².